The standard InChI is InChI=1S/C16H18N2/c17-16-6-2-5-14(10-16)12-3-1-4-13(9-12)15-7-8-18-11-15/h1-6,9-10,15,18H,7-8,11,17H2. The number of hydrogen-bond acceptors (Lipinski definition) is 2. The zero-order valence-corrected chi connectivity index (χ0v) is 10.4. The first-order chi connectivity index (χ1) is 8.83. The van der Waals surface area contributed by atoms with E-state index in [4.69, 9.17) is 5.73 Å². The Morgan fingerprint density at radius 2 is 1.78 bits per heavy atom. The monoisotopic (exact) mass is 238 g/mol. The quantitative estimate of drug-likeness (QED) is 0.789. The molecule has 1 unspecified atom stereocenters. The highest BCUT2D eigenvalue weighted by Gasteiger charge is 2.16. The molecular formula is C16H18N2. The molecule has 0 aromatic heterocycles. The van der Waals surface area contributed by atoms with Crippen LogP contribution in [0, 0.1) is 0 Å². The third-order valence-electron chi connectivity index (χ3n) is 3.64. The number of nitrogens with two attached hydrogens (primary N) is 1. The molecule has 2 aromatic rings. The maximum Gasteiger partial charge on any atom is 0.0320 e. The van der Waals surface area contributed by atoms with Gasteiger partial charge in [-0.15, -0.1) is 0 Å². The highest BCUT2D eigenvalue weighted by atomic mass is 14.9. The Labute approximate surface area is 108 Å². The maximum atomic E-state index is 5.85. The summed E-state index contributed by atoms with van der Waals surface area (Å²) in [5, 5.41) is 3.42. The van der Waals surface area contributed by atoms with Crippen LogP contribution in [0.25, 0.3) is 11.1 Å². The first-order valence-corrected chi connectivity index (χ1v) is 6.49. The Kier molecular flexibility index (Phi) is 3.03. The molecule has 1 saturated heterocycles. The van der Waals surface area contributed by atoms with E-state index in [1.165, 1.54) is 23.1 Å². The van der Waals surface area contributed by atoms with E-state index in [0.29, 0.717) is 5.92 Å². The van der Waals surface area contributed by atoms with Crippen molar-refractivity contribution in [1.82, 2.24) is 5.32 Å². The van der Waals surface area contributed by atoms with Gasteiger partial charge in [0.2, 0.25) is 0 Å². The summed E-state index contributed by atoms with van der Waals surface area (Å²) >= 11 is 0. The Hall–Kier alpha value is -1.80. The number of nitrogen functional groups attached to an aromatic ring is 1. The summed E-state index contributed by atoms with van der Waals surface area (Å²) < 4.78 is 0. The van der Waals surface area contributed by atoms with Gasteiger partial charge in [-0.1, -0.05) is 36.4 Å². The van der Waals surface area contributed by atoms with Gasteiger partial charge >= 0.3 is 0 Å². The second-order valence-corrected chi connectivity index (χ2v) is 4.94. The number of anilines is 1. The van der Waals surface area contributed by atoms with E-state index in [2.05, 4.69) is 35.6 Å². The van der Waals surface area contributed by atoms with E-state index >= 15 is 0 Å². The average Bonchev–Trinajstić information content (AvgIpc) is 2.93. The summed E-state index contributed by atoms with van der Waals surface area (Å²) in [6.45, 7) is 2.23. The van der Waals surface area contributed by atoms with E-state index in [1.807, 2.05) is 18.2 Å². The topological polar surface area (TPSA) is 38.0 Å². The van der Waals surface area contributed by atoms with Gasteiger partial charge in [-0.25, -0.2) is 0 Å². The van der Waals surface area contributed by atoms with Crippen molar-refractivity contribution in [1.29, 1.82) is 0 Å². The van der Waals surface area contributed by atoms with Crippen LogP contribution in [0.2, 0.25) is 0 Å². The second-order valence-electron chi connectivity index (χ2n) is 4.94. The van der Waals surface area contributed by atoms with Gasteiger partial charge in [0.05, 0.1) is 0 Å². The summed E-state index contributed by atoms with van der Waals surface area (Å²) in [4.78, 5) is 0. The van der Waals surface area contributed by atoms with E-state index in [-0.39, 0.29) is 0 Å². The van der Waals surface area contributed by atoms with Crippen molar-refractivity contribution in [3.05, 3.63) is 54.1 Å². The molecule has 1 heterocycles. The van der Waals surface area contributed by atoms with Gasteiger partial charge in [0.1, 0.15) is 0 Å². The van der Waals surface area contributed by atoms with E-state index in [0.717, 1.165) is 18.8 Å². The van der Waals surface area contributed by atoms with Gasteiger partial charge in [0, 0.05) is 12.2 Å². The largest absolute Gasteiger partial charge is 0.399 e. The van der Waals surface area contributed by atoms with Gasteiger partial charge in [-0.05, 0) is 47.7 Å². The molecule has 92 valence electrons. The van der Waals surface area contributed by atoms with Crippen LogP contribution in [0.5, 0.6) is 0 Å². The lowest BCUT2D eigenvalue weighted by Gasteiger charge is -2.11. The summed E-state index contributed by atoms with van der Waals surface area (Å²) in [6, 6.07) is 16.9. The minimum atomic E-state index is 0.658. The molecular weight excluding hydrogens is 220 g/mol. The van der Waals surface area contributed by atoms with Crippen LogP contribution >= 0.6 is 0 Å². The third-order valence-corrected chi connectivity index (χ3v) is 3.64. The molecule has 18 heavy (non-hydrogen) atoms. The molecule has 0 bridgehead atoms. The number of benzene rings is 2. The summed E-state index contributed by atoms with van der Waals surface area (Å²) in [7, 11) is 0. The summed E-state index contributed by atoms with van der Waals surface area (Å²) in [6.07, 6.45) is 1.24. The molecule has 3 rings (SSSR count). The predicted molar refractivity (Wildman–Crippen MR) is 76.5 cm³/mol. The molecule has 1 atom stereocenters. The number of nitrogens with one attached hydrogen (secondary N) is 1. The molecule has 0 aliphatic carbocycles. The van der Waals surface area contributed by atoms with Crippen molar-refractivity contribution < 1.29 is 0 Å². The van der Waals surface area contributed by atoms with Crippen LogP contribution in [0.4, 0.5) is 5.69 Å². The Morgan fingerprint density at radius 1 is 1.00 bits per heavy atom. The first kappa shape index (κ1) is 11.3. The highest BCUT2D eigenvalue weighted by Crippen LogP contribution is 2.28. The maximum absolute atomic E-state index is 5.85. The smallest absolute Gasteiger partial charge is 0.0320 e. The van der Waals surface area contributed by atoms with Crippen LogP contribution in [-0.4, -0.2) is 13.1 Å². The minimum Gasteiger partial charge on any atom is -0.399 e. The Morgan fingerprint density at radius 3 is 2.50 bits per heavy atom. The summed E-state index contributed by atoms with van der Waals surface area (Å²) in [5.74, 6) is 0.658. The third kappa shape index (κ3) is 2.24. The van der Waals surface area contributed by atoms with Crippen molar-refractivity contribution in [3.8, 4) is 11.1 Å². The molecule has 2 nitrogen and oxygen atoms in total. The van der Waals surface area contributed by atoms with Crippen LogP contribution in [0.3, 0.4) is 0 Å². The van der Waals surface area contributed by atoms with E-state index in [9.17, 15) is 0 Å². The molecule has 1 fully saturated rings. The van der Waals surface area contributed by atoms with E-state index < -0.39 is 0 Å². The first-order valence-electron chi connectivity index (χ1n) is 6.49. The van der Waals surface area contributed by atoms with Crippen LogP contribution in [-0.2, 0) is 0 Å². The molecule has 2 aromatic carbocycles. The predicted octanol–water partition coefficient (Wildman–Crippen LogP) is 3.01. The molecule has 1 aliphatic rings. The number of hydrogen-bond donors (Lipinski definition) is 2. The molecule has 0 saturated carbocycles. The normalized spacial score (nSPS) is 19.0. The molecule has 3 N–H and O–H groups in total. The fourth-order valence-electron chi connectivity index (χ4n) is 2.63. The molecule has 0 radical (unpaired) electrons. The summed E-state index contributed by atoms with van der Waals surface area (Å²) in [5.41, 5.74) is 10.5. The van der Waals surface area contributed by atoms with Crippen molar-refractivity contribution in [2.75, 3.05) is 18.8 Å². The Balaban J connectivity index is 1.95. The lowest BCUT2D eigenvalue weighted by molar-refractivity contribution is 0.764. The second kappa shape index (κ2) is 4.83. The van der Waals surface area contributed by atoms with Gasteiger partial charge in [-0.3, -0.25) is 0 Å². The zero-order chi connectivity index (χ0) is 12.4. The average molecular weight is 238 g/mol. The fraction of sp³-hybridized carbons (Fsp3) is 0.250. The van der Waals surface area contributed by atoms with Crippen LogP contribution in [0.1, 0.15) is 17.9 Å². The number of rotatable bonds is 2. The highest BCUT2D eigenvalue weighted by molar-refractivity contribution is 5.68. The van der Waals surface area contributed by atoms with Gasteiger partial charge in [-0.2, -0.15) is 0 Å². The van der Waals surface area contributed by atoms with Gasteiger partial charge in [0.25, 0.3) is 0 Å². The lowest BCUT2D eigenvalue weighted by atomic mass is 9.94. The van der Waals surface area contributed by atoms with Gasteiger partial charge in [0.15, 0.2) is 0 Å². The van der Waals surface area contributed by atoms with Crippen molar-refractivity contribution >= 4 is 5.69 Å². The van der Waals surface area contributed by atoms with Crippen molar-refractivity contribution in [3.63, 3.8) is 0 Å². The van der Waals surface area contributed by atoms with Crippen molar-refractivity contribution in [2.24, 2.45) is 0 Å². The fourth-order valence-corrected chi connectivity index (χ4v) is 2.63. The van der Waals surface area contributed by atoms with Crippen LogP contribution in [0.15, 0.2) is 48.5 Å². The van der Waals surface area contributed by atoms with E-state index in [1.54, 1.807) is 0 Å². The molecule has 2 heteroatoms. The van der Waals surface area contributed by atoms with Crippen LogP contribution < -0.4 is 11.1 Å². The molecule has 1 aliphatic heterocycles. The lowest BCUT2D eigenvalue weighted by Crippen LogP contribution is -2.07. The minimum absolute atomic E-state index is 0.658. The zero-order valence-electron chi connectivity index (χ0n) is 10.4. The SMILES string of the molecule is Nc1cccc(-c2cccc(C3CCNC3)c2)c1. The van der Waals surface area contributed by atoms with Gasteiger partial charge < -0.3 is 11.1 Å². The molecule has 0 spiro atoms. The van der Waals surface area contributed by atoms with Crippen molar-refractivity contribution in [2.45, 2.75) is 12.3 Å². The Bertz CT molecular complexity index is 542. The molecule has 0 amide bonds.